The lowest BCUT2D eigenvalue weighted by Gasteiger charge is -2.23. The Morgan fingerprint density at radius 2 is 1.80 bits per heavy atom. The number of hydrogen-bond acceptors (Lipinski definition) is 1. The highest BCUT2D eigenvalue weighted by Gasteiger charge is 2.14. The van der Waals surface area contributed by atoms with Crippen LogP contribution in [0.15, 0.2) is 53.0 Å². The molecule has 0 aliphatic rings. The van der Waals surface area contributed by atoms with Crippen molar-refractivity contribution >= 4 is 27.5 Å². The molecule has 1 nitrogen and oxygen atoms in total. The summed E-state index contributed by atoms with van der Waals surface area (Å²) in [6.07, 6.45) is 1.03. The quantitative estimate of drug-likeness (QED) is 0.706. The van der Waals surface area contributed by atoms with Gasteiger partial charge in [-0.1, -0.05) is 58.7 Å². The van der Waals surface area contributed by atoms with Gasteiger partial charge < -0.3 is 5.32 Å². The molecule has 0 aromatic heterocycles. The Kier molecular flexibility index (Phi) is 5.64. The fourth-order valence-electron chi connectivity index (χ4n) is 2.35. The lowest BCUT2D eigenvalue weighted by atomic mass is 10.0. The van der Waals surface area contributed by atoms with Gasteiger partial charge in [-0.2, -0.15) is 0 Å². The van der Waals surface area contributed by atoms with Crippen molar-refractivity contribution < 1.29 is 0 Å². The second-order valence-electron chi connectivity index (χ2n) is 4.96. The summed E-state index contributed by atoms with van der Waals surface area (Å²) in [5, 5.41) is 4.46. The van der Waals surface area contributed by atoms with Crippen LogP contribution in [0.25, 0.3) is 0 Å². The number of nitrogens with one attached hydrogen (secondary N) is 1. The zero-order valence-electron chi connectivity index (χ0n) is 11.7. The van der Waals surface area contributed by atoms with Crippen molar-refractivity contribution in [2.24, 2.45) is 0 Å². The first kappa shape index (κ1) is 15.6. The summed E-state index contributed by atoms with van der Waals surface area (Å²) in [6.45, 7) is 4.38. The lowest BCUT2D eigenvalue weighted by Crippen LogP contribution is -2.24. The first-order chi connectivity index (χ1) is 9.60. The Morgan fingerprint density at radius 3 is 2.45 bits per heavy atom. The fourth-order valence-corrected chi connectivity index (χ4v) is 2.96. The van der Waals surface area contributed by atoms with Crippen molar-refractivity contribution in [1.29, 1.82) is 0 Å². The number of hydrogen-bond donors (Lipinski definition) is 1. The number of rotatable bonds is 5. The van der Waals surface area contributed by atoms with E-state index >= 15 is 0 Å². The summed E-state index contributed by atoms with van der Waals surface area (Å²) in [6, 6.07) is 17.1. The van der Waals surface area contributed by atoms with Gasteiger partial charge in [0, 0.05) is 21.6 Å². The van der Waals surface area contributed by atoms with Crippen molar-refractivity contribution in [2.75, 3.05) is 0 Å². The largest absolute Gasteiger partial charge is 0.303 e. The van der Waals surface area contributed by atoms with Gasteiger partial charge in [0.15, 0.2) is 0 Å². The average molecular weight is 353 g/mol. The summed E-state index contributed by atoms with van der Waals surface area (Å²) in [4.78, 5) is 0. The van der Waals surface area contributed by atoms with E-state index in [0.717, 1.165) is 15.9 Å². The topological polar surface area (TPSA) is 12.0 Å². The van der Waals surface area contributed by atoms with Gasteiger partial charge >= 0.3 is 0 Å². The molecule has 2 unspecified atom stereocenters. The summed E-state index contributed by atoms with van der Waals surface area (Å²) in [5.41, 5.74) is 2.52. The molecule has 0 amide bonds. The predicted molar refractivity (Wildman–Crippen MR) is 90.2 cm³/mol. The van der Waals surface area contributed by atoms with Gasteiger partial charge in [-0.3, -0.25) is 0 Å². The van der Waals surface area contributed by atoms with E-state index in [2.05, 4.69) is 59.4 Å². The van der Waals surface area contributed by atoms with Crippen molar-refractivity contribution in [3.8, 4) is 0 Å². The van der Waals surface area contributed by atoms with Crippen LogP contribution < -0.4 is 5.32 Å². The van der Waals surface area contributed by atoms with Crippen LogP contribution >= 0.6 is 27.5 Å². The normalized spacial score (nSPS) is 14.0. The van der Waals surface area contributed by atoms with E-state index in [-0.39, 0.29) is 6.04 Å². The van der Waals surface area contributed by atoms with Crippen LogP contribution in [0.3, 0.4) is 0 Å². The Balaban J connectivity index is 2.14. The van der Waals surface area contributed by atoms with Gasteiger partial charge in [0.2, 0.25) is 0 Å². The zero-order valence-corrected chi connectivity index (χ0v) is 14.1. The van der Waals surface area contributed by atoms with E-state index in [4.69, 9.17) is 11.6 Å². The Morgan fingerprint density at radius 1 is 1.10 bits per heavy atom. The molecular weight excluding hydrogens is 334 g/mol. The third kappa shape index (κ3) is 4.08. The Bertz CT molecular complexity index is 570. The molecule has 20 heavy (non-hydrogen) atoms. The van der Waals surface area contributed by atoms with E-state index in [1.807, 2.05) is 24.3 Å². The highest BCUT2D eigenvalue weighted by molar-refractivity contribution is 9.10. The molecule has 0 saturated heterocycles. The van der Waals surface area contributed by atoms with Gasteiger partial charge in [-0.15, -0.1) is 0 Å². The Hall–Kier alpha value is -0.830. The van der Waals surface area contributed by atoms with Crippen molar-refractivity contribution in [3.63, 3.8) is 0 Å². The average Bonchev–Trinajstić information content (AvgIpc) is 2.44. The van der Waals surface area contributed by atoms with Gasteiger partial charge in [-0.05, 0) is 48.7 Å². The highest BCUT2D eigenvalue weighted by atomic mass is 79.9. The van der Waals surface area contributed by atoms with Crippen LogP contribution in [0.1, 0.15) is 43.5 Å². The second kappa shape index (κ2) is 7.26. The smallest absolute Gasteiger partial charge is 0.0409 e. The molecule has 0 aliphatic carbocycles. The maximum Gasteiger partial charge on any atom is 0.0409 e. The van der Waals surface area contributed by atoms with Crippen LogP contribution in [0.4, 0.5) is 0 Å². The molecule has 3 heteroatoms. The van der Waals surface area contributed by atoms with Crippen LogP contribution in [0, 0.1) is 0 Å². The summed E-state index contributed by atoms with van der Waals surface area (Å²) < 4.78 is 1.11. The standard InChI is InChI=1S/C17H19BrClN/c1-3-17(14-7-5-9-16(19)11-14)20-12(2)13-6-4-8-15(18)10-13/h4-12,17,20H,3H2,1-2H3. The van der Waals surface area contributed by atoms with Crippen LogP contribution in [-0.4, -0.2) is 0 Å². The second-order valence-corrected chi connectivity index (χ2v) is 6.31. The maximum atomic E-state index is 6.09. The molecule has 106 valence electrons. The van der Waals surface area contributed by atoms with Crippen molar-refractivity contribution in [3.05, 3.63) is 69.2 Å². The first-order valence-electron chi connectivity index (χ1n) is 6.87. The van der Waals surface area contributed by atoms with Gasteiger partial charge in [0.05, 0.1) is 0 Å². The SMILES string of the molecule is CCC(NC(C)c1cccc(Br)c1)c1cccc(Cl)c1. The minimum Gasteiger partial charge on any atom is -0.303 e. The molecule has 0 saturated carbocycles. The third-order valence-electron chi connectivity index (χ3n) is 3.46. The van der Waals surface area contributed by atoms with Crippen molar-refractivity contribution in [2.45, 2.75) is 32.4 Å². The molecule has 2 rings (SSSR count). The predicted octanol–water partition coefficient (Wildman–Crippen LogP) is 5.90. The molecule has 0 spiro atoms. The van der Waals surface area contributed by atoms with Crippen molar-refractivity contribution in [1.82, 2.24) is 5.32 Å². The van der Waals surface area contributed by atoms with Gasteiger partial charge in [0.1, 0.15) is 0 Å². The van der Waals surface area contributed by atoms with E-state index in [1.54, 1.807) is 0 Å². The molecule has 2 atom stereocenters. The molecule has 0 aliphatic heterocycles. The summed E-state index contributed by atoms with van der Waals surface area (Å²) in [7, 11) is 0. The number of halogens is 2. The summed E-state index contributed by atoms with van der Waals surface area (Å²) >= 11 is 9.61. The molecule has 0 radical (unpaired) electrons. The van der Waals surface area contributed by atoms with Gasteiger partial charge in [-0.25, -0.2) is 0 Å². The maximum absolute atomic E-state index is 6.09. The van der Waals surface area contributed by atoms with E-state index in [9.17, 15) is 0 Å². The highest BCUT2D eigenvalue weighted by Crippen LogP contribution is 2.25. The number of benzene rings is 2. The minimum atomic E-state index is 0.288. The summed E-state index contributed by atoms with van der Waals surface area (Å²) in [5.74, 6) is 0. The fraction of sp³-hybridized carbons (Fsp3) is 0.294. The zero-order chi connectivity index (χ0) is 14.5. The van der Waals surface area contributed by atoms with E-state index in [1.165, 1.54) is 11.1 Å². The molecule has 1 N–H and O–H groups in total. The Labute approximate surface area is 134 Å². The minimum absolute atomic E-state index is 0.288. The van der Waals surface area contributed by atoms with E-state index in [0.29, 0.717) is 6.04 Å². The molecule has 0 bridgehead atoms. The molecule has 2 aromatic carbocycles. The van der Waals surface area contributed by atoms with Gasteiger partial charge in [0.25, 0.3) is 0 Å². The van der Waals surface area contributed by atoms with Crippen LogP contribution in [0.5, 0.6) is 0 Å². The molecular formula is C17H19BrClN. The molecule has 0 fully saturated rings. The molecule has 2 aromatic rings. The van der Waals surface area contributed by atoms with Crippen LogP contribution in [0.2, 0.25) is 5.02 Å². The third-order valence-corrected chi connectivity index (χ3v) is 4.19. The van der Waals surface area contributed by atoms with Crippen LogP contribution in [-0.2, 0) is 0 Å². The lowest BCUT2D eigenvalue weighted by molar-refractivity contribution is 0.456. The van der Waals surface area contributed by atoms with E-state index < -0.39 is 0 Å². The monoisotopic (exact) mass is 351 g/mol. The first-order valence-corrected chi connectivity index (χ1v) is 8.04. The molecule has 0 heterocycles.